The van der Waals surface area contributed by atoms with Gasteiger partial charge in [0, 0.05) is 25.0 Å². The molecule has 1 saturated heterocycles. The minimum atomic E-state index is -3.52. The van der Waals surface area contributed by atoms with Crippen LogP contribution >= 0.6 is 11.8 Å². The number of hydrogen-bond donors (Lipinski definition) is 2. The van der Waals surface area contributed by atoms with Crippen molar-refractivity contribution in [1.29, 1.82) is 0 Å². The molecule has 0 saturated carbocycles. The fourth-order valence-electron chi connectivity index (χ4n) is 1.70. The van der Waals surface area contributed by atoms with Crippen LogP contribution in [0, 0.1) is 0 Å². The van der Waals surface area contributed by atoms with Gasteiger partial charge in [-0.05, 0) is 24.3 Å². The van der Waals surface area contributed by atoms with Crippen LogP contribution in [0.2, 0.25) is 0 Å². The predicted octanol–water partition coefficient (Wildman–Crippen LogP) is 0.907. The van der Waals surface area contributed by atoms with E-state index in [2.05, 4.69) is 15.0 Å². The van der Waals surface area contributed by atoms with Crippen molar-refractivity contribution in [3.8, 4) is 0 Å². The van der Waals surface area contributed by atoms with Gasteiger partial charge in [-0.1, -0.05) is 0 Å². The van der Waals surface area contributed by atoms with E-state index in [-0.39, 0.29) is 11.1 Å². The molecule has 0 spiro atoms. The maximum Gasteiger partial charge on any atom is 0.260 e. The molecule has 0 amide bonds. The van der Waals surface area contributed by atoms with Crippen molar-refractivity contribution in [3.63, 3.8) is 0 Å². The molecule has 7 heteroatoms. The van der Waals surface area contributed by atoms with E-state index >= 15 is 0 Å². The van der Waals surface area contributed by atoms with Crippen LogP contribution in [-0.4, -0.2) is 38.0 Å². The van der Waals surface area contributed by atoms with Gasteiger partial charge in [-0.2, -0.15) is 11.8 Å². The summed E-state index contributed by atoms with van der Waals surface area (Å²) in [6.45, 7) is 0. The average molecular weight is 273 g/mol. The lowest BCUT2D eigenvalue weighted by Crippen LogP contribution is -2.35. The predicted molar refractivity (Wildman–Crippen MR) is 69.8 cm³/mol. The number of anilines is 1. The molecule has 5 nitrogen and oxygen atoms in total. The highest BCUT2D eigenvalue weighted by Gasteiger charge is 2.25. The molecular formula is C10H15N3O2S2. The minimum Gasteiger partial charge on any atom is -0.386 e. The van der Waals surface area contributed by atoms with Crippen molar-refractivity contribution in [3.05, 3.63) is 18.3 Å². The van der Waals surface area contributed by atoms with Crippen molar-refractivity contribution in [1.82, 2.24) is 9.71 Å². The third-order valence-electron chi connectivity index (χ3n) is 2.55. The van der Waals surface area contributed by atoms with Gasteiger partial charge >= 0.3 is 0 Å². The molecule has 1 aliphatic heterocycles. The zero-order valence-electron chi connectivity index (χ0n) is 9.51. The Hall–Kier alpha value is -0.790. The number of hydrogen-bond acceptors (Lipinski definition) is 5. The van der Waals surface area contributed by atoms with Crippen LogP contribution in [-0.2, 0) is 10.0 Å². The number of aromatic nitrogens is 1. The van der Waals surface area contributed by atoms with Crippen LogP contribution in [0.3, 0.4) is 0 Å². The zero-order chi connectivity index (χ0) is 12.3. The second-order valence-corrected chi connectivity index (χ2v) is 6.57. The SMILES string of the molecule is CNc1cccnc1S(=O)(=O)NC1CCSC1. The van der Waals surface area contributed by atoms with Gasteiger partial charge in [-0.25, -0.2) is 18.1 Å². The van der Waals surface area contributed by atoms with Crippen LogP contribution in [0.25, 0.3) is 0 Å². The van der Waals surface area contributed by atoms with E-state index in [9.17, 15) is 8.42 Å². The van der Waals surface area contributed by atoms with Gasteiger partial charge in [0.1, 0.15) is 0 Å². The van der Waals surface area contributed by atoms with Crippen molar-refractivity contribution in [2.24, 2.45) is 0 Å². The fourth-order valence-corrected chi connectivity index (χ4v) is 4.37. The summed E-state index contributed by atoms with van der Waals surface area (Å²) in [6.07, 6.45) is 2.37. The molecule has 1 unspecified atom stereocenters. The largest absolute Gasteiger partial charge is 0.386 e. The smallest absolute Gasteiger partial charge is 0.260 e. The number of rotatable bonds is 4. The standard InChI is InChI=1S/C10H15N3O2S2/c1-11-9-3-2-5-12-10(9)17(14,15)13-8-4-6-16-7-8/h2-3,5,8,11,13H,4,6-7H2,1H3. The molecule has 1 fully saturated rings. The first-order valence-electron chi connectivity index (χ1n) is 5.36. The molecule has 2 rings (SSSR count). The summed E-state index contributed by atoms with van der Waals surface area (Å²) in [5, 5.41) is 2.91. The lowest BCUT2D eigenvalue weighted by molar-refractivity contribution is 0.560. The minimum absolute atomic E-state index is 0.0247. The van der Waals surface area contributed by atoms with Crippen LogP contribution in [0.1, 0.15) is 6.42 Å². The Labute approximate surface area is 105 Å². The lowest BCUT2D eigenvalue weighted by Gasteiger charge is -2.13. The van der Waals surface area contributed by atoms with Crippen LogP contribution in [0.4, 0.5) is 5.69 Å². The normalized spacial score (nSPS) is 20.4. The van der Waals surface area contributed by atoms with E-state index in [1.165, 1.54) is 6.20 Å². The first kappa shape index (κ1) is 12.7. The van der Waals surface area contributed by atoms with Gasteiger partial charge < -0.3 is 5.32 Å². The third-order valence-corrected chi connectivity index (χ3v) is 5.19. The molecule has 0 aromatic carbocycles. The molecule has 1 aromatic heterocycles. The monoisotopic (exact) mass is 273 g/mol. The van der Waals surface area contributed by atoms with Crippen molar-refractivity contribution >= 4 is 27.5 Å². The van der Waals surface area contributed by atoms with Crippen molar-refractivity contribution in [2.75, 3.05) is 23.9 Å². The van der Waals surface area contributed by atoms with E-state index in [1.54, 1.807) is 30.9 Å². The molecule has 0 aliphatic carbocycles. The molecule has 17 heavy (non-hydrogen) atoms. The number of pyridine rings is 1. The van der Waals surface area contributed by atoms with Gasteiger partial charge in [0.15, 0.2) is 5.03 Å². The maximum atomic E-state index is 12.1. The van der Waals surface area contributed by atoms with E-state index in [4.69, 9.17) is 0 Å². The van der Waals surface area contributed by atoms with Gasteiger partial charge in [0.05, 0.1) is 5.69 Å². The third kappa shape index (κ3) is 2.91. The summed E-state index contributed by atoms with van der Waals surface area (Å²) in [7, 11) is -1.84. The van der Waals surface area contributed by atoms with Crippen LogP contribution < -0.4 is 10.0 Å². The van der Waals surface area contributed by atoms with Crippen LogP contribution in [0.5, 0.6) is 0 Å². The maximum absolute atomic E-state index is 12.1. The Bertz CT molecular complexity index is 484. The highest BCUT2D eigenvalue weighted by atomic mass is 32.2. The zero-order valence-corrected chi connectivity index (χ0v) is 11.1. The van der Waals surface area contributed by atoms with Gasteiger partial charge in [0.2, 0.25) is 0 Å². The summed E-state index contributed by atoms with van der Waals surface area (Å²) in [4.78, 5) is 3.94. The summed E-state index contributed by atoms with van der Waals surface area (Å²) >= 11 is 1.77. The van der Waals surface area contributed by atoms with Crippen LogP contribution in [0.15, 0.2) is 23.4 Å². The number of sulfonamides is 1. The van der Waals surface area contributed by atoms with Gasteiger partial charge in [0.25, 0.3) is 10.0 Å². The molecule has 2 N–H and O–H groups in total. The summed E-state index contributed by atoms with van der Waals surface area (Å²) in [6, 6.07) is 3.43. The summed E-state index contributed by atoms with van der Waals surface area (Å²) in [5.74, 6) is 1.84. The molecule has 0 radical (unpaired) electrons. The van der Waals surface area contributed by atoms with E-state index < -0.39 is 10.0 Å². The lowest BCUT2D eigenvalue weighted by atomic mass is 10.3. The fraction of sp³-hybridized carbons (Fsp3) is 0.500. The molecule has 1 aliphatic rings. The Morgan fingerprint density at radius 2 is 2.35 bits per heavy atom. The quantitative estimate of drug-likeness (QED) is 0.853. The average Bonchev–Trinajstić information content (AvgIpc) is 2.81. The second-order valence-electron chi connectivity index (χ2n) is 3.79. The molecular weight excluding hydrogens is 258 g/mol. The summed E-state index contributed by atoms with van der Waals surface area (Å²) in [5.41, 5.74) is 0.519. The first-order valence-corrected chi connectivity index (χ1v) is 8.00. The number of nitrogens with zero attached hydrogens (tertiary/aromatic N) is 1. The molecule has 94 valence electrons. The second kappa shape index (κ2) is 5.24. The molecule has 1 aromatic rings. The highest BCUT2D eigenvalue weighted by molar-refractivity contribution is 7.99. The van der Waals surface area contributed by atoms with Gasteiger partial charge in [-0.15, -0.1) is 0 Å². The Morgan fingerprint density at radius 3 is 3.00 bits per heavy atom. The molecule has 2 heterocycles. The topological polar surface area (TPSA) is 71.1 Å². The van der Waals surface area contributed by atoms with E-state index in [0.717, 1.165) is 17.9 Å². The van der Waals surface area contributed by atoms with Gasteiger partial charge in [-0.3, -0.25) is 0 Å². The highest BCUT2D eigenvalue weighted by Crippen LogP contribution is 2.21. The molecule has 0 bridgehead atoms. The Morgan fingerprint density at radius 1 is 1.53 bits per heavy atom. The van der Waals surface area contributed by atoms with E-state index in [0.29, 0.717) is 5.69 Å². The molecule has 1 atom stereocenters. The Kier molecular flexibility index (Phi) is 3.90. The number of thioether (sulfide) groups is 1. The summed E-state index contributed by atoms with van der Waals surface area (Å²) < 4.78 is 27.0. The van der Waals surface area contributed by atoms with E-state index in [1.807, 2.05) is 0 Å². The first-order chi connectivity index (χ1) is 8.13. The number of nitrogens with one attached hydrogen (secondary N) is 2. The van der Waals surface area contributed by atoms with Crippen molar-refractivity contribution < 1.29 is 8.42 Å². The van der Waals surface area contributed by atoms with Crippen molar-refractivity contribution in [2.45, 2.75) is 17.5 Å². The Balaban J connectivity index is 2.24.